The van der Waals surface area contributed by atoms with E-state index < -0.39 is 42.0 Å². The van der Waals surface area contributed by atoms with E-state index >= 15 is 0 Å². The zero-order chi connectivity index (χ0) is 34.6. The minimum atomic E-state index is -1.20. The van der Waals surface area contributed by atoms with E-state index in [1.165, 1.54) is 6.42 Å². The van der Waals surface area contributed by atoms with Gasteiger partial charge in [-0.3, -0.25) is 14.4 Å². The van der Waals surface area contributed by atoms with E-state index in [9.17, 15) is 24.6 Å². The van der Waals surface area contributed by atoms with Gasteiger partial charge in [-0.1, -0.05) is 76.3 Å². The lowest BCUT2D eigenvalue weighted by Crippen LogP contribution is -2.56. The molecule has 1 saturated carbocycles. The van der Waals surface area contributed by atoms with Crippen molar-refractivity contribution in [1.29, 1.82) is 0 Å². The van der Waals surface area contributed by atoms with Crippen LogP contribution < -0.4 is 10.6 Å². The number of amides is 3. The lowest BCUT2D eigenvalue weighted by molar-refractivity contribution is -0.137. The number of nitrogens with zero attached hydrogens (tertiary/aromatic N) is 2. The van der Waals surface area contributed by atoms with Crippen LogP contribution in [0.2, 0.25) is 0 Å². The fraction of sp³-hybridized carbons (Fsp3) is 0.658. The highest BCUT2D eigenvalue weighted by Crippen LogP contribution is 2.29. The van der Waals surface area contributed by atoms with Gasteiger partial charge in [0.25, 0.3) is 0 Å². The first-order valence-electron chi connectivity index (χ1n) is 17.5. The number of rotatable bonds is 21. The third-order valence-electron chi connectivity index (χ3n) is 9.41. The van der Waals surface area contributed by atoms with Gasteiger partial charge in [-0.05, 0) is 50.3 Å². The van der Waals surface area contributed by atoms with Crippen LogP contribution in [0.25, 0.3) is 0 Å². The van der Waals surface area contributed by atoms with Gasteiger partial charge in [0.05, 0.1) is 24.2 Å². The molecule has 0 aromatic heterocycles. The van der Waals surface area contributed by atoms with Crippen LogP contribution in [0.3, 0.4) is 0 Å². The number of aliphatic hydroxyl groups excluding tert-OH is 2. The van der Waals surface area contributed by atoms with Gasteiger partial charge in [0.15, 0.2) is 0 Å². The summed E-state index contributed by atoms with van der Waals surface area (Å²) in [5.74, 6) is 3.51. The van der Waals surface area contributed by atoms with Gasteiger partial charge in [-0.15, -0.1) is 24.7 Å². The second-order valence-electron chi connectivity index (χ2n) is 12.9. The highest BCUT2D eigenvalue weighted by atomic mass is 16.3. The number of likely N-dealkylation sites (N-methyl/N-ethyl adjacent to an activating group) is 2. The van der Waals surface area contributed by atoms with Gasteiger partial charge >= 0.3 is 0 Å². The van der Waals surface area contributed by atoms with Crippen molar-refractivity contribution in [2.45, 2.75) is 115 Å². The average Bonchev–Trinajstić information content (AvgIpc) is 3.08. The molecule has 1 aromatic rings. The maximum atomic E-state index is 13.8. The molecule has 4 N–H and O–H groups in total. The molecule has 1 aliphatic carbocycles. The summed E-state index contributed by atoms with van der Waals surface area (Å²) in [4.78, 5) is 44.7. The largest absolute Gasteiger partial charge is 0.390 e. The molecule has 0 saturated heterocycles. The van der Waals surface area contributed by atoms with Gasteiger partial charge in [0, 0.05) is 39.4 Å². The predicted octanol–water partition coefficient (Wildman–Crippen LogP) is 3.52. The summed E-state index contributed by atoms with van der Waals surface area (Å²) in [6.07, 6.45) is 16.2. The number of carbonyl (C=O) groups is 3. The lowest BCUT2D eigenvalue weighted by Gasteiger charge is -2.33. The van der Waals surface area contributed by atoms with Crippen molar-refractivity contribution in [3.63, 3.8) is 0 Å². The minimum absolute atomic E-state index is 0.0211. The number of terminal acetylenes is 2. The summed E-state index contributed by atoms with van der Waals surface area (Å²) in [6.45, 7) is 7.22. The number of aliphatic hydroxyl groups is 2. The molecule has 0 radical (unpaired) electrons. The second kappa shape index (κ2) is 22.2. The van der Waals surface area contributed by atoms with Crippen molar-refractivity contribution in [2.24, 2.45) is 11.8 Å². The quantitative estimate of drug-likeness (QED) is 0.119. The molecule has 0 unspecified atom stereocenters. The SMILES string of the molecule is C#CCCC[C@H](O)[C@H](O)[C@H](CC1CCCCC1)NC(=O)[C@H](CC#C)NC(=O)[C@@H](CC(=O)N(C)CCN(CC)CC)Cc1ccccc1. The molecule has 5 atom stereocenters. The molecule has 47 heavy (non-hydrogen) atoms. The summed E-state index contributed by atoms with van der Waals surface area (Å²) in [6, 6.07) is 7.69. The lowest BCUT2D eigenvalue weighted by atomic mass is 9.82. The molecule has 0 bridgehead atoms. The highest BCUT2D eigenvalue weighted by molar-refractivity contribution is 5.91. The Bertz CT molecular complexity index is 1150. The van der Waals surface area contributed by atoms with E-state index in [4.69, 9.17) is 12.8 Å². The Balaban J connectivity index is 2.20. The first-order chi connectivity index (χ1) is 22.6. The monoisotopic (exact) mass is 650 g/mol. The molecule has 1 aliphatic rings. The molecule has 9 heteroatoms. The van der Waals surface area contributed by atoms with E-state index in [0.717, 1.165) is 50.9 Å². The number of carbonyl (C=O) groups excluding carboxylic acids is 3. The second-order valence-corrected chi connectivity index (χ2v) is 12.9. The highest BCUT2D eigenvalue weighted by Gasteiger charge is 2.34. The molecule has 3 amide bonds. The van der Waals surface area contributed by atoms with Gasteiger partial charge in [0.1, 0.15) is 6.04 Å². The fourth-order valence-corrected chi connectivity index (χ4v) is 6.30. The predicted molar refractivity (Wildman–Crippen MR) is 187 cm³/mol. The normalized spacial score (nSPS) is 16.6. The standard InChI is InChI=1S/C38H58N4O5/c1-6-10-13-23-34(43)36(45)33(27-30-21-16-12-17-22-30)40-38(47)32(18-7-2)39-37(46)31(26-29-19-14-11-15-20-29)28-35(44)41(5)24-25-42(8-3)9-4/h1-2,11,14-15,19-20,30-34,36,43,45H,8-10,12-13,16-18,21-28H2,3-5H3,(H,39,46)(H,40,47)/t31-,32+,33+,34+,36-/m1/s1. The Labute approximate surface area is 283 Å². The van der Waals surface area contributed by atoms with Crippen molar-refractivity contribution in [3.8, 4) is 24.7 Å². The smallest absolute Gasteiger partial charge is 0.243 e. The van der Waals surface area contributed by atoms with Gasteiger partial charge in [-0.2, -0.15) is 0 Å². The van der Waals surface area contributed by atoms with E-state index in [1.807, 2.05) is 30.3 Å². The molecule has 2 rings (SSSR count). The van der Waals surface area contributed by atoms with Crippen molar-refractivity contribution in [1.82, 2.24) is 20.4 Å². The number of unbranched alkanes of at least 4 members (excludes halogenated alkanes) is 1. The Hall–Kier alpha value is -3.37. The summed E-state index contributed by atoms with van der Waals surface area (Å²) >= 11 is 0. The van der Waals surface area contributed by atoms with Crippen molar-refractivity contribution >= 4 is 17.7 Å². The zero-order valence-corrected chi connectivity index (χ0v) is 28.8. The zero-order valence-electron chi connectivity index (χ0n) is 28.8. The summed E-state index contributed by atoms with van der Waals surface area (Å²) in [5, 5.41) is 27.7. The Morgan fingerprint density at radius 1 is 0.957 bits per heavy atom. The van der Waals surface area contributed by atoms with Crippen LogP contribution in [0.15, 0.2) is 30.3 Å². The molecular formula is C38H58N4O5. The van der Waals surface area contributed by atoms with Crippen molar-refractivity contribution in [3.05, 3.63) is 35.9 Å². The van der Waals surface area contributed by atoms with E-state index in [-0.39, 0.29) is 18.7 Å². The molecular weight excluding hydrogens is 592 g/mol. The number of benzene rings is 1. The number of hydrogen-bond acceptors (Lipinski definition) is 6. The third kappa shape index (κ3) is 14.5. The topological polar surface area (TPSA) is 122 Å². The van der Waals surface area contributed by atoms with E-state index in [1.54, 1.807) is 11.9 Å². The Morgan fingerprint density at radius 3 is 2.26 bits per heavy atom. The van der Waals surface area contributed by atoms with Crippen LogP contribution in [0.1, 0.15) is 90.0 Å². The van der Waals surface area contributed by atoms with Crippen LogP contribution in [0.5, 0.6) is 0 Å². The maximum Gasteiger partial charge on any atom is 0.243 e. The van der Waals surface area contributed by atoms with Gasteiger partial charge < -0.3 is 30.6 Å². The number of nitrogens with one attached hydrogen (secondary N) is 2. The minimum Gasteiger partial charge on any atom is -0.390 e. The molecule has 260 valence electrons. The van der Waals surface area contributed by atoms with Gasteiger partial charge in [-0.25, -0.2) is 0 Å². The maximum absolute atomic E-state index is 13.8. The Kier molecular flexibility index (Phi) is 18.8. The number of hydrogen-bond donors (Lipinski definition) is 4. The molecule has 1 aromatic carbocycles. The summed E-state index contributed by atoms with van der Waals surface area (Å²) < 4.78 is 0. The van der Waals surface area contributed by atoms with Crippen molar-refractivity contribution in [2.75, 3.05) is 33.2 Å². The van der Waals surface area contributed by atoms with Crippen LogP contribution in [-0.4, -0.2) is 95.3 Å². The molecule has 0 aliphatic heterocycles. The molecule has 9 nitrogen and oxygen atoms in total. The Morgan fingerprint density at radius 2 is 1.64 bits per heavy atom. The fourth-order valence-electron chi connectivity index (χ4n) is 6.30. The first kappa shape index (κ1) is 39.8. The third-order valence-corrected chi connectivity index (χ3v) is 9.41. The average molecular weight is 651 g/mol. The van der Waals surface area contributed by atoms with Crippen molar-refractivity contribution < 1.29 is 24.6 Å². The summed E-state index contributed by atoms with van der Waals surface area (Å²) in [5.41, 5.74) is 0.902. The van der Waals surface area contributed by atoms with E-state index in [0.29, 0.717) is 44.6 Å². The van der Waals surface area contributed by atoms with Gasteiger partial charge in [0.2, 0.25) is 17.7 Å². The van der Waals surface area contributed by atoms with Crippen LogP contribution in [-0.2, 0) is 20.8 Å². The van der Waals surface area contributed by atoms with Crippen LogP contribution in [0, 0.1) is 36.5 Å². The summed E-state index contributed by atoms with van der Waals surface area (Å²) in [7, 11) is 1.75. The molecule has 1 fully saturated rings. The first-order valence-corrected chi connectivity index (χ1v) is 17.5. The van der Waals surface area contributed by atoms with Crippen LogP contribution in [0.4, 0.5) is 0 Å². The van der Waals surface area contributed by atoms with Crippen LogP contribution >= 0.6 is 0 Å². The van der Waals surface area contributed by atoms with E-state index in [2.05, 4.69) is 41.2 Å². The molecule has 0 heterocycles. The molecule has 0 spiro atoms.